The Kier molecular flexibility index (Phi) is 3.98. The molecule has 0 amide bonds. The molecule has 1 aromatic rings. The van der Waals surface area contributed by atoms with E-state index in [2.05, 4.69) is 0 Å². The van der Waals surface area contributed by atoms with Gasteiger partial charge in [-0.1, -0.05) is 0 Å². The maximum atomic E-state index is 9.10. The normalized spacial score (nSPS) is 12.9. The molecule has 0 fully saturated rings. The molecule has 0 bridgehead atoms. The third-order valence-electron chi connectivity index (χ3n) is 2.29. The van der Waals surface area contributed by atoms with Gasteiger partial charge in [0.15, 0.2) is 5.88 Å². The molecule has 4 nitrogen and oxygen atoms in total. The van der Waals surface area contributed by atoms with Crippen LogP contribution in [0.5, 0.6) is 0 Å². The highest BCUT2D eigenvalue weighted by Gasteiger charge is 2.15. The summed E-state index contributed by atoms with van der Waals surface area (Å²) in [6.45, 7) is 1.95. The molecule has 0 saturated heterocycles. The van der Waals surface area contributed by atoms with Crippen molar-refractivity contribution in [3.05, 3.63) is 17.9 Å². The first kappa shape index (κ1) is 11.1. The van der Waals surface area contributed by atoms with Gasteiger partial charge in [-0.2, -0.15) is 0 Å². The Hall–Kier alpha value is -1.00. The molecule has 1 heterocycles. The highest BCUT2D eigenvalue weighted by atomic mass is 16.4. The van der Waals surface area contributed by atoms with Crippen LogP contribution in [0.25, 0.3) is 0 Å². The van der Waals surface area contributed by atoms with Gasteiger partial charge < -0.3 is 19.5 Å². The minimum Gasteiger partial charge on any atom is -0.446 e. The third-order valence-corrected chi connectivity index (χ3v) is 2.29. The van der Waals surface area contributed by atoms with Crippen molar-refractivity contribution < 1.29 is 14.6 Å². The van der Waals surface area contributed by atoms with Gasteiger partial charge in [0.2, 0.25) is 0 Å². The minimum absolute atomic E-state index is 0.0107. The largest absolute Gasteiger partial charge is 0.446 e. The van der Waals surface area contributed by atoms with Crippen LogP contribution < -0.4 is 4.90 Å². The summed E-state index contributed by atoms with van der Waals surface area (Å²) >= 11 is 0. The number of aliphatic hydroxyl groups excluding tert-OH is 2. The number of furan rings is 1. The topological polar surface area (TPSA) is 56.8 Å². The second kappa shape index (κ2) is 5.02. The van der Waals surface area contributed by atoms with E-state index in [4.69, 9.17) is 14.6 Å². The van der Waals surface area contributed by atoms with Crippen LogP contribution in [-0.2, 0) is 0 Å². The standard InChI is InChI=1S/C10H17NO3/c1-8-3-4-10(14-8)11(2)9(7-13)5-6-12/h3-4,9,12-13H,5-7H2,1-2H3. The van der Waals surface area contributed by atoms with Crippen molar-refractivity contribution in [3.63, 3.8) is 0 Å². The first-order valence-electron chi connectivity index (χ1n) is 4.70. The molecule has 1 rings (SSSR count). The number of aryl methyl sites for hydroxylation is 1. The molecule has 0 spiro atoms. The van der Waals surface area contributed by atoms with Gasteiger partial charge in [-0.3, -0.25) is 0 Å². The Morgan fingerprint density at radius 1 is 1.43 bits per heavy atom. The molecular formula is C10H17NO3. The molecule has 0 aliphatic heterocycles. The number of rotatable bonds is 5. The lowest BCUT2D eigenvalue weighted by Gasteiger charge is -2.25. The quantitative estimate of drug-likeness (QED) is 0.735. The summed E-state index contributed by atoms with van der Waals surface area (Å²) < 4.78 is 5.41. The summed E-state index contributed by atoms with van der Waals surface area (Å²) in [5.74, 6) is 1.56. The smallest absolute Gasteiger partial charge is 0.195 e. The van der Waals surface area contributed by atoms with Crippen molar-refractivity contribution in [2.45, 2.75) is 19.4 Å². The first-order chi connectivity index (χ1) is 6.69. The van der Waals surface area contributed by atoms with E-state index >= 15 is 0 Å². The molecule has 0 aliphatic carbocycles. The highest BCUT2D eigenvalue weighted by Crippen LogP contribution is 2.19. The number of nitrogens with zero attached hydrogens (tertiary/aromatic N) is 1. The van der Waals surface area contributed by atoms with Crippen LogP contribution >= 0.6 is 0 Å². The number of anilines is 1. The van der Waals surface area contributed by atoms with Crippen LogP contribution in [0.3, 0.4) is 0 Å². The number of hydrogen-bond donors (Lipinski definition) is 2. The Bertz CT molecular complexity index is 272. The van der Waals surface area contributed by atoms with Gasteiger partial charge >= 0.3 is 0 Å². The van der Waals surface area contributed by atoms with Crippen molar-refractivity contribution in [2.24, 2.45) is 0 Å². The molecule has 14 heavy (non-hydrogen) atoms. The Morgan fingerprint density at radius 2 is 2.14 bits per heavy atom. The van der Waals surface area contributed by atoms with Gasteiger partial charge in [0, 0.05) is 19.7 Å². The van der Waals surface area contributed by atoms with E-state index in [9.17, 15) is 0 Å². The molecule has 1 unspecified atom stereocenters. The van der Waals surface area contributed by atoms with E-state index in [1.165, 1.54) is 0 Å². The molecule has 2 N–H and O–H groups in total. The second-order valence-electron chi connectivity index (χ2n) is 3.34. The first-order valence-corrected chi connectivity index (χ1v) is 4.70. The second-order valence-corrected chi connectivity index (χ2v) is 3.34. The van der Waals surface area contributed by atoms with Crippen LogP contribution in [-0.4, -0.2) is 36.5 Å². The summed E-state index contributed by atoms with van der Waals surface area (Å²) in [6.07, 6.45) is 0.534. The lowest BCUT2D eigenvalue weighted by atomic mass is 10.2. The summed E-state index contributed by atoms with van der Waals surface area (Å²) in [7, 11) is 1.84. The zero-order valence-corrected chi connectivity index (χ0v) is 8.60. The zero-order chi connectivity index (χ0) is 10.6. The number of likely N-dealkylation sites (N-methyl/N-ethyl adjacent to an activating group) is 1. The Labute approximate surface area is 83.8 Å². The molecule has 0 aliphatic rings. The van der Waals surface area contributed by atoms with Crippen molar-refractivity contribution in [3.8, 4) is 0 Å². The molecule has 80 valence electrons. The maximum Gasteiger partial charge on any atom is 0.195 e. The van der Waals surface area contributed by atoms with Crippen molar-refractivity contribution in [1.82, 2.24) is 0 Å². The van der Waals surface area contributed by atoms with E-state index in [-0.39, 0.29) is 19.3 Å². The maximum absolute atomic E-state index is 9.10. The van der Waals surface area contributed by atoms with E-state index in [0.717, 1.165) is 11.6 Å². The zero-order valence-electron chi connectivity index (χ0n) is 8.60. The van der Waals surface area contributed by atoms with Crippen molar-refractivity contribution in [1.29, 1.82) is 0 Å². The summed E-state index contributed by atoms with van der Waals surface area (Å²) in [5, 5.41) is 17.9. The van der Waals surface area contributed by atoms with E-state index < -0.39 is 0 Å². The lowest BCUT2D eigenvalue weighted by molar-refractivity contribution is 0.215. The van der Waals surface area contributed by atoms with Gasteiger partial charge in [0.05, 0.1) is 12.6 Å². The lowest BCUT2D eigenvalue weighted by Crippen LogP contribution is -2.35. The average molecular weight is 199 g/mol. The summed E-state index contributed by atoms with van der Waals surface area (Å²) in [5.41, 5.74) is 0. The van der Waals surface area contributed by atoms with Crippen LogP contribution in [0, 0.1) is 6.92 Å². The van der Waals surface area contributed by atoms with Crippen LogP contribution in [0.15, 0.2) is 16.5 Å². The predicted molar refractivity (Wildman–Crippen MR) is 54.4 cm³/mol. The fraction of sp³-hybridized carbons (Fsp3) is 0.600. The van der Waals surface area contributed by atoms with Gasteiger partial charge in [-0.05, 0) is 19.4 Å². The van der Waals surface area contributed by atoms with Crippen molar-refractivity contribution in [2.75, 3.05) is 25.2 Å². The van der Waals surface area contributed by atoms with E-state index in [1.807, 2.05) is 31.0 Å². The summed E-state index contributed by atoms with van der Waals surface area (Å²) in [4.78, 5) is 1.84. The molecule has 0 saturated carbocycles. The molecule has 1 aromatic heterocycles. The fourth-order valence-electron chi connectivity index (χ4n) is 1.35. The van der Waals surface area contributed by atoms with Gasteiger partial charge in [0.25, 0.3) is 0 Å². The number of hydrogen-bond acceptors (Lipinski definition) is 4. The third kappa shape index (κ3) is 2.49. The monoisotopic (exact) mass is 199 g/mol. The molecule has 4 heteroatoms. The molecule has 1 atom stereocenters. The highest BCUT2D eigenvalue weighted by molar-refractivity contribution is 5.36. The molecule has 0 aromatic carbocycles. The molecule has 0 radical (unpaired) electrons. The fourth-order valence-corrected chi connectivity index (χ4v) is 1.35. The SMILES string of the molecule is Cc1ccc(N(C)C(CO)CCO)o1. The van der Waals surface area contributed by atoms with Crippen LogP contribution in [0.4, 0.5) is 5.88 Å². The average Bonchev–Trinajstić information content (AvgIpc) is 2.60. The van der Waals surface area contributed by atoms with Crippen LogP contribution in [0.1, 0.15) is 12.2 Å². The minimum atomic E-state index is -0.0921. The predicted octanol–water partition coefficient (Wildman–Crippen LogP) is 0.768. The van der Waals surface area contributed by atoms with Gasteiger partial charge in [-0.25, -0.2) is 0 Å². The number of aliphatic hydroxyl groups is 2. The Balaban J connectivity index is 2.66. The summed E-state index contributed by atoms with van der Waals surface area (Å²) in [6, 6.07) is 3.64. The van der Waals surface area contributed by atoms with E-state index in [1.54, 1.807) is 0 Å². The van der Waals surface area contributed by atoms with Gasteiger partial charge in [0.1, 0.15) is 5.76 Å². The Morgan fingerprint density at radius 3 is 2.57 bits per heavy atom. The van der Waals surface area contributed by atoms with Gasteiger partial charge in [-0.15, -0.1) is 0 Å². The van der Waals surface area contributed by atoms with Crippen LogP contribution in [0.2, 0.25) is 0 Å². The van der Waals surface area contributed by atoms with Crippen molar-refractivity contribution >= 4 is 5.88 Å². The van der Waals surface area contributed by atoms with E-state index in [0.29, 0.717) is 6.42 Å². The molecular weight excluding hydrogens is 182 g/mol.